The Balaban J connectivity index is 1.72. The van der Waals surface area contributed by atoms with Gasteiger partial charge in [0.15, 0.2) is 5.65 Å². The van der Waals surface area contributed by atoms with E-state index in [0.29, 0.717) is 22.7 Å². The topological polar surface area (TPSA) is 107 Å². The van der Waals surface area contributed by atoms with E-state index < -0.39 is 42.2 Å². The van der Waals surface area contributed by atoms with Crippen LogP contribution >= 0.6 is 0 Å². The predicted octanol–water partition coefficient (Wildman–Crippen LogP) is 3.38. The van der Waals surface area contributed by atoms with Crippen molar-refractivity contribution < 1.29 is 37.3 Å². The number of carbonyl (C=O) groups is 1. The number of methoxy groups -OCH3 is 1. The van der Waals surface area contributed by atoms with Crippen LogP contribution in [0.15, 0.2) is 30.6 Å². The summed E-state index contributed by atoms with van der Waals surface area (Å²) in [5, 5.41) is 16.8. The lowest BCUT2D eigenvalue weighted by Gasteiger charge is -2.26. The number of alkyl halides is 3. The molecule has 1 aliphatic rings. The van der Waals surface area contributed by atoms with Crippen LogP contribution in [0.1, 0.15) is 37.6 Å². The van der Waals surface area contributed by atoms with Gasteiger partial charge in [0, 0.05) is 18.1 Å². The van der Waals surface area contributed by atoms with E-state index in [1.165, 1.54) is 36.2 Å². The SMILES string of the molecule is COc1cc(-c2cnc3cc(OC(C)C(C)(C)O)cnn23)cc(OC(F)F)c1C(=O)N[C@@H]1C[C@@H]1F. The minimum atomic E-state index is -3.21. The van der Waals surface area contributed by atoms with Crippen molar-refractivity contribution in [2.24, 2.45) is 0 Å². The van der Waals surface area contributed by atoms with Gasteiger partial charge in [-0.05, 0) is 32.9 Å². The summed E-state index contributed by atoms with van der Waals surface area (Å²) in [7, 11) is 1.28. The number of nitrogens with one attached hydrogen (secondary N) is 1. The van der Waals surface area contributed by atoms with Crippen LogP contribution in [0.3, 0.4) is 0 Å². The van der Waals surface area contributed by atoms with Crippen LogP contribution in [0.25, 0.3) is 16.9 Å². The third-order valence-electron chi connectivity index (χ3n) is 5.70. The average Bonchev–Trinajstić information content (AvgIpc) is 3.29. The first-order valence-electron chi connectivity index (χ1n) is 10.8. The molecule has 35 heavy (non-hydrogen) atoms. The first kappa shape index (κ1) is 24.6. The molecule has 1 fully saturated rings. The third kappa shape index (κ3) is 5.26. The third-order valence-corrected chi connectivity index (χ3v) is 5.70. The van der Waals surface area contributed by atoms with Crippen molar-refractivity contribution in [2.45, 2.75) is 57.7 Å². The fraction of sp³-hybridized carbons (Fsp3) is 0.435. The molecule has 1 unspecified atom stereocenters. The Labute approximate surface area is 198 Å². The van der Waals surface area contributed by atoms with Crippen molar-refractivity contribution >= 4 is 11.6 Å². The van der Waals surface area contributed by atoms with Gasteiger partial charge in [-0.15, -0.1) is 0 Å². The Morgan fingerprint density at radius 1 is 1.23 bits per heavy atom. The highest BCUT2D eigenvalue weighted by atomic mass is 19.3. The van der Waals surface area contributed by atoms with Crippen molar-refractivity contribution in [1.29, 1.82) is 0 Å². The van der Waals surface area contributed by atoms with Gasteiger partial charge < -0.3 is 24.6 Å². The fourth-order valence-corrected chi connectivity index (χ4v) is 3.33. The molecule has 0 radical (unpaired) electrons. The maximum absolute atomic E-state index is 13.3. The lowest BCUT2D eigenvalue weighted by molar-refractivity contribution is -0.0502. The number of amides is 1. The van der Waals surface area contributed by atoms with Crippen molar-refractivity contribution in [2.75, 3.05) is 7.11 Å². The second kappa shape index (κ2) is 9.25. The molecular weight excluding hydrogens is 469 g/mol. The minimum Gasteiger partial charge on any atom is -0.496 e. The summed E-state index contributed by atoms with van der Waals surface area (Å²) in [5.41, 5.74) is -0.225. The number of hydrogen-bond donors (Lipinski definition) is 2. The molecule has 0 bridgehead atoms. The molecule has 0 saturated heterocycles. The number of nitrogens with zero attached hydrogens (tertiary/aromatic N) is 3. The molecule has 2 heterocycles. The highest BCUT2D eigenvalue weighted by Crippen LogP contribution is 2.37. The van der Waals surface area contributed by atoms with Crippen molar-refractivity contribution in [3.8, 4) is 28.5 Å². The van der Waals surface area contributed by atoms with Gasteiger partial charge in [-0.1, -0.05) is 0 Å². The van der Waals surface area contributed by atoms with Crippen LogP contribution in [0.4, 0.5) is 13.2 Å². The summed E-state index contributed by atoms with van der Waals surface area (Å²) in [5.74, 6) is -0.882. The Hall–Kier alpha value is -3.54. The van der Waals surface area contributed by atoms with Crippen LogP contribution in [-0.4, -0.2) is 63.3 Å². The summed E-state index contributed by atoms with van der Waals surface area (Å²) < 4.78 is 56.7. The van der Waals surface area contributed by atoms with Gasteiger partial charge in [0.25, 0.3) is 5.91 Å². The Morgan fingerprint density at radius 3 is 2.51 bits per heavy atom. The molecule has 188 valence electrons. The van der Waals surface area contributed by atoms with Crippen molar-refractivity contribution in [3.63, 3.8) is 0 Å². The molecule has 12 heteroatoms. The van der Waals surface area contributed by atoms with E-state index in [0.717, 1.165) is 0 Å². The fourth-order valence-electron chi connectivity index (χ4n) is 3.33. The second-order valence-corrected chi connectivity index (χ2v) is 8.78. The molecule has 9 nitrogen and oxygen atoms in total. The molecule has 1 amide bonds. The van der Waals surface area contributed by atoms with Gasteiger partial charge in [-0.2, -0.15) is 13.9 Å². The van der Waals surface area contributed by atoms with Crippen molar-refractivity contribution in [3.05, 3.63) is 36.2 Å². The lowest BCUT2D eigenvalue weighted by Crippen LogP contribution is -2.37. The summed E-state index contributed by atoms with van der Waals surface area (Å²) in [6.07, 6.45) is 1.35. The van der Waals surface area contributed by atoms with Crippen LogP contribution < -0.4 is 19.5 Å². The molecule has 3 atom stereocenters. The molecule has 1 saturated carbocycles. The molecular formula is C23H25F3N4O5. The molecule has 2 aromatic heterocycles. The molecule has 1 aromatic carbocycles. The largest absolute Gasteiger partial charge is 0.496 e. The molecule has 3 aromatic rings. The number of aromatic nitrogens is 3. The number of hydrogen-bond acceptors (Lipinski definition) is 7. The predicted molar refractivity (Wildman–Crippen MR) is 119 cm³/mol. The standard InChI is InChI=1S/C23H25F3N4O5/c1-11(23(2,3)32)34-13-7-19-27-10-16(30(19)28-9-13)12-5-17(33-4)20(18(6-12)35-22(25)26)21(31)29-15-8-14(15)24/h5-7,9-11,14-15,22,32H,8H2,1-4H3,(H,29,31)/t11?,14-,15+/m0/s1. The lowest BCUT2D eigenvalue weighted by atomic mass is 10.0. The van der Waals surface area contributed by atoms with Crippen LogP contribution in [-0.2, 0) is 0 Å². The zero-order valence-corrected chi connectivity index (χ0v) is 19.5. The van der Waals surface area contributed by atoms with Crippen molar-refractivity contribution in [1.82, 2.24) is 19.9 Å². The van der Waals surface area contributed by atoms with E-state index >= 15 is 0 Å². The highest BCUT2D eigenvalue weighted by Gasteiger charge is 2.40. The minimum absolute atomic E-state index is 0.0411. The Kier molecular flexibility index (Phi) is 6.50. The summed E-state index contributed by atoms with van der Waals surface area (Å²) in [6, 6.07) is 3.64. The average molecular weight is 494 g/mol. The molecule has 2 N–H and O–H groups in total. The van der Waals surface area contributed by atoms with E-state index in [1.807, 2.05) is 0 Å². The summed E-state index contributed by atoms with van der Waals surface area (Å²) in [6.45, 7) is 1.74. The molecule has 0 spiro atoms. The number of aliphatic hydroxyl groups is 1. The first-order chi connectivity index (χ1) is 16.5. The smallest absolute Gasteiger partial charge is 0.387 e. The highest BCUT2D eigenvalue weighted by molar-refractivity contribution is 6.01. The zero-order chi connectivity index (χ0) is 25.5. The number of carbonyl (C=O) groups excluding carboxylic acids is 1. The Bertz CT molecular complexity index is 1240. The van der Waals surface area contributed by atoms with Gasteiger partial charge in [0.2, 0.25) is 0 Å². The maximum atomic E-state index is 13.3. The van der Waals surface area contributed by atoms with Crippen LogP contribution in [0, 0.1) is 0 Å². The van der Waals surface area contributed by atoms with Gasteiger partial charge in [-0.25, -0.2) is 13.9 Å². The first-order valence-corrected chi connectivity index (χ1v) is 10.8. The maximum Gasteiger partial charge on any atom is 0.387 e. The monoisotopic (exact) mass is 494 g/mol. The van der Waals surface area contributed by atoms with Crippen LogP contribution in [0.5, 0.6) is 17.2 Å². The number of imidazole rings is 1. The van der Waals surface area contributed by atoms with E-state index in [2.05, 4.69) is 20.1 Å². The molecule has 4 rings (SSSR count). The van der Waals surface area contributed by atoms with Gasteiger partial charge in [0.1, 0.15) is 35.1 Å². The van der Waals surface area contributed by atoms with Gasteiger partial charge in [-0.3, -0.25) is 4.79 Å². The quantitative estimate of drug-likeness (QED) is 0.470. The molecule has 1 aliphatic carbocycles. The van der Waals surface area contributed by atoms with E-state index in [-0.39, 0.29) is 17.7 Å². The van der Waals surface area contributed by atoms with Gasteiger partial charge >= 0.3 is 6.61 Å². The van der Waals surface area contributed by atoms with Crippen LogP contribution in [0.2, 0.25) is 0 Å². The van der Waals surface area contributed by atoms with E-state index in [4.69, 9.17) is 9.47 Å². The number of halogens is 3. The summed E-state index contributed by atoms with van der Waals surface area (Å²) in [4.78, 5) is 17.0. The summed E-state index contributed by atoms with van der Waals surface area (Å²) >= 11 is 0. The zero-order valence-electron chi connectivity index (χ0n) is 19.5. The van der Waals surface area contributed by atoms with E-state index in [9.17, 15) is 23.1 Å². The number of fused-ring (bicyclic) bond motifs is 1. The van der Waals surface area contributed by atoms with E-state index in [1.54, 1.807) is 26.8 Å². The Morgan fingerprint density at radius 2 is 1.91 bits per heavy atom. The normalized spacial score (nSPS) is 18.4. The number of benzene rings is 1. The number of rotatable bonds is 9. The second-order valence-electron chi connectivity index (χ2n) is 8.78. The number of ether oxygens (including phenoxy) is 3. The van der Waals surface area contributed by atoms with Gasteiger partial charge in [0.05, 0.1) is 36.8 Å². The molecule has 0 aliphatic heterocycles.